The number of halogens is 3. The molecule has 41 heavy (non-hydrogen) atoms. The van der Waals surface area contributed by atoms with Crippen molar-refractivity contribution in [3.05, 3.63) is 70.9 Å². The molecule has 4 amide bonds. The Kier molecular flexibility index (Phi) is 12.0. The quantitative estimate of drug-likeness (QED) is 0.150. The molecule has 0 fully saturated rings. The van der Waals surface area contributed by atoms with Crippen LogP contribution in [-0.2, 0) is 16.1 Å². The van der Waals surface area contributed by atoms with Crippen molar-refractivity contribution in [1.82, 2.24) is 26.1 Å². The summed E-state index contributed by atoms with van der Waals surface area (Å²) in [5.74, 6) is -1.30. The number of amides is 4. The third-order valence-corrected chi connectivity index (χ3v) is 6.32. The molecule has 3 rings (SSSR count). The minimum Gasteiger partial charge on any atom is -0.447 e. The lowest BCUT2D eigenvalue weighted by Gasteiger charge is -2.31. The van der Waals surface area contributed by atoms with Crippen molar-refractivity contribution in [2.24, 2.45) is 0 Å². The van der Waals surface area contributed by atoms with Crippen molar-refractivity contribution in [2.75, 3.05) is 31.6 Å². The highest BCUT2D eigenvalue weighted by atomic mass is 35.5. The normalized spacial score (nSPS) is 11.5. The molecule has 0 aliphatic heterocycles. The van der Waals surface area contributed by atoms with E-state index in [1.807, 2.05) is 0 Å². The topological polar surface area (TPSA) is 145 Å². The van der Waals surface area contributed by atoms with Crippen LogP contribution in [0.25, 0.3) is 10.8 Å². The van der Waals surface area contributed by atoms with Gasteiger partial charge in [-0.3, -0.25) is 15.1 Å². The summed E-state index contributed by atoms with van der Waals surface area (Å²) in [6.45, 7) is 1.22. The lowest BCUT2D eigenvalue weighted by atomic mass is 10.1. The molecule has 11 nitrogen and oxygen atoms in total. The van der Waals surface area contributed by atoms with Crippen LogP contribution in [0.3, 0.4) is 0 Å². The number of hydrazine groups is 1. The Morgan fingerprint density at radius 3 is 2.63 bits per heavy atom. The van der Waals surface area contributed by atoms with E-state index < -0.39 is 35.7 Å². The number of hydrogen-bond acceptors (Lipinski definition) is 7. The Bertz CT molecular complexity index is 1370. The van der Waals surface area contributed by atoms with E-state index in [9.17, 15) is 23.2 Å². The summed E-state index contributed by atoms with van der Waals surface area (Å²) in [6, 6.07) is 8.84. The summed E-state index contributed by atoms with van der Waals surface area (Å²) in [5.41, 5.74) is 3.34. The standard InChI is InChI=1S/C27H31ClF2N6O5/c1-17(38)36(34-15-19-4-2-6-23(30)25(19)28)22(5-3-9-31-26(39)32-10-11-37)16-41-27(40)35-24-13-20-12-21(29)8-7-18(20)14-33-24/h2,4,6-8,12-14,22,34,37H,3,5,9-11,15-16H2,1H3,(H2,31,32,39)(H,33,35,40)/t22-/m0/s1. The number of carbonyl (C=O) groups excluding carboxylic acids is 3. The molecule has 220 valence electrons. The van der Waals surface area contributed by atoms with E-state index in [1.165, 1.54) is 48.5 Å². The molecule has 1 heterocycles. The molecule has 0 spiro atoms. The highest BCUT2D eigenvalue weighted by molar-refractivity contribution is 6.31. The highest BCUT2D eigenvalue weighted by Crippen LogP contribution is 2.20. The number of rotatable bonds is 13. The Morgan fingerprint density at radius 1 is 1.10 bits per heavy atom. The van der Waals surface area contributed by atoms with Gasteiger partial charge >= 0.3 is 12.1 Å². The maximum atomic E-state index is 13.9. The van der Waals surface area contributed by atoms with Gasteiger partial charge in [0.2, 0.25) is 5.91 Å². The molecule has 0 aliphatic rings. The van der Waals surface area contributed by atoms with Crippen LogP contribution in [0.5, 0.6) is 0 Å². The zero-order valence-electron chi connectivity index (χ0n) is 22.3. The first-order chi connectivity index (χ1) is 19.7. The van der Waals surface area contributed by atoms with Crippen LogP contribution in [-0.4, -0.2) is 65.5 Å². The molecule has 2 aromatic carbocycles. The Morgan fingerprint density at radius 2 is 1.88 bits per heavy atom. The highest BCUT2D eigenvalue weighted by Gasteiger charge is 2.23. The summed E-state index contributed by atoms with van der Waals surface area (Å²) < 4.78 is 32.9. The van der Waals surface area contributed by atoms with Gasteiger partial charge in [0.15, 0.2) is 0 Å². The lowest BCUT2D eigenvalue weighted by molar-refractivity contribution is -0.136. The zero-order chi connectivity index (χ0) is 29.8. The molecular weight excluding hydrogens is 562 g/mol. The largest absolute Gasteiger partial charge is 0.447 e. The Labute approximate surface area is 240 Å². The molecule has 0 radical (unpaired) electrons. The summed E-state index contributed by atoms with van der Waals surface area (Å²) in [4.78, 5) is 41.0. The van der Waals surface area contributed by atoms with Crippen LogP contribution in [0.1, 0.15) is 25.3 Å². The molecule has 0 saturated heterocycles. The molecule has 1 aromatic heterocycles. The maximum absolute atomic E-state index is 13.9. The molecular formula is C27H31ClF2N6O5. The van der Waals surface area contributed by atoms with Crippen molar-refractivity contribution in [3.63, 3.8) is 0 Å². The summed E-state index contributed by atoms with van der Waals surface area (Å²) in [5, 5.41) is 18.8. The fourth-order valence-electron chi connectivity index (χ4n) is 3.90. The number of hydrogen-bond donors (Lipinski definition) is 5. The predicted molar refractivity (Wildman–Crippen MR) is 149 cm³/mol. The van der Waals surface area contributed by atoms with E-state index in [1.54, 1.807) is 12.1 Å². The van der Waals surface area contributed by atoms with Crippen molar-refractivity contribution < 1.29 is 33.0 Å². The number of carbonyl (C=O) groups is 3. The number of pyridine rings is 1. The monoisotopic (exact) mass is 592 g/mol. The number of aliphatic hydroxyl groups is 1. The molecule has 1 atom stereocenters. The van der Waals surface area contributed by atoms with Gasteiger partial charge in [-0.25, -0.2) is 28.8 Å². The fraction of sp³-hybridized carbons (Fsp3) is 0.333. The number of aliphatic hydroxyl groups excluding tert-OH is 1. The molecule has 0 bridgehead atoms. The lowest BCUT2D eigenvalue weighted by Crippen LogP contribution is -2.51. The van der Waals surface area contributed by atoms with Crippen molar-refractivity contribution in [2.45, 2.75) is 32.4 Å². The number of ether oxygens (including phenoxy) is 1. The van der Waals surface area contributed by atoms with Gasteiger partial charge in [0.1, 0.15) is 24.1 Å². The smallest absolute Gasteiger partial charge is 0.412 e. The second-order valence-corrected chi connectivity index (χ2v) is 9.30. The number of aromatic nitrogens is 1. The second kappa shape index (κ2) is 15.6. The molecule has 0 unspecified atom stereocenters. The predicted octanol–water partition coefficient (Wildman–Crippen LogP) is 3.71. The van der Waals surface area contributed by atoms with Crippen molar-refractivity contribution in [3.8, 4) is 0 Å². The van der Waals surface area contributed by atoms with Crippen molar-refractivity contribution >= 4 is 46.2 Å². The molecule has 0 aliphatic carbocycles. The van der Waals surface area contributed by atoms with E-state index in [0.717, 1.165) is 0 Å². The maximum Gasteiger partial charge on any atom is 0.412 e. The Hall–Kier alpha value is -4.07. The van der Waals surface area contributed by atoms with Crippen LogP contribution in [0.4, 0.5) is 24.2 Å². The first-order valence-corrected chi connectivity index (χ1v) is 13.1. The van der Waals surface area contributed by atoms with E-state index in [0.29, 0.717) is 29.2 Å². The minimum absolute atomic E-state index is 0.0122. The molecule has 0 saturated carbocycles. The van der Waals surface area contributed by atoms with Crippen LogP contribution < -0.4 is 21.4 Å². The fourth-order valence-corrected chi connectivity index (χ4v) is 4.10. The number of nitrogens with zero attached hydrogens (tertiary/aromatic N) is 2. The van der Waals surface area contributed by atoms with Crippen LogP contribution in [0.15, 0.2) is 48.7 Å². The van der Waals surface area contributed by atoms with Crippen molar-refractivity contribution in [1.29, 1.82) is 0 Å². The first kappa shape index (κ1) is 31.5. The second-order valence-electron chi connectivity index (χ2n) is 8.92. The van der Waals surface area contributed by atoms with Gasteiger partial charge < -0.3 is 20.5 Å². The van der Waals surface area contributed by atoms with Gasteiger partial charge in [-0.2, -0.15) is 0 Å². The SMILES string of the molecule is CC(=O)N(NCc1cccc(F)c1Cl)[C@@H](CCCNC(=O)NCCO)COC(=O)Nc1cc2cc(F)ccc2cn1. The number of nitrogens with one attached hydrogen (secondary N) is 4. The third-order valence-electron chi connectivity index (χ3n) is 5.89. The van der Waals surface area contributed by atoms with Crippen LogP contribution in [0, 0.1) is 11.6 Å². The summed E-state index contributed by atoms with van der Waals surface area (Å²) in [6.07, 6.45) is 1.32. The van der Waals surface area contributed by atoms with Gasteiger partial charge in [0, 0.05) is 38.1 Å². The third kappa shape index (κ3) is 9.81. The Balaban J connectivity index is 1.66. The van der Waals surface area contributed by atoms with Gasteiger partial charge in [0.05, 0.1) is 17.7 Å². The van der Waals surface area contributed by atoms with Gasteiger partial charge in [-0.15, -0.1) is 0 Å². The average molecular weight is 593 g/mol. The van der Waals surface area contributed by atoms with E-state index in [-0.39, 0.29) is 43.7 Å². The van der Waals surface area contributed by atoms with Gasteiger partial charge in [-0.05, 0) is 54.1 Å². The number of benzene rings is 2. The molecule has 14 heteroatoms. The number of urea groups is 1. The summed E-state index contributed by atoms with van der Waals surface area (Å²) in [7, 11) is 0. The molecule has 5 N–H and O–H groups in total. The van der Waals surface area contributed by atoms with Gasteiger partial charge in [-0.1, -0.05) is 23.7 Å². The van der Waals surface area contributed by atoms with Crippen LogP contribution in [0.2, 0.25) is 5.02 Å². The number of fused-ring (bicyclic) bond motifs is 1. The van der Waals surface area contributed by atoms with Crippen LogP contribution >= 0.6 is 11.6 Å². The zero-order valence-corrected chi connectivity index (χ0v) is 23.0. The molecule has 3 aromatic rings. The van der Waals surface area contributed by atoms with Gasteiger partial charge in [0.25, 0.3) is 0 Å². The first-order valence-electron chi connectivity index (χ1n) is 12.8. The minimum atomic E-state index is -0.851. The van der Waals surface area contributed by atoms with E-state index in [2.05, 4.69) is 26.4 Å². The van der Waals surface area contributed by atoms with E-state index in [4.69, 9.17) is 21.4 Å². The number of anilines is 1. The summed E-state index contributed by atoms with van der Waals surface area (Å²) >= 11 is 6.04. The average Bonchev–Trinajstić information content (AvgIpc) is 2.94. The van der Waals surface area contributed by atoms with E-state index >= 15 is 0 Å².